The highest BCUT2D eigenvalue weighted by atomic mass is 16.3. The largest absolute Gasteiger partial charge is 0.394 e. The molecule has 0 aliphatic rings. The van der Waals surface area contributed by atoms with E-state index in [0.29, 0.717) is 0 Å². The molecular weight excluding hydrogens is 500 g/mol. The lowest BCUT2D eigenvalue weighted by Gasteiger charge is -2.06. The van der Waals surface area contributed by atoms with Crippen LogP contribution in [0.4, 0.5) is 0 Å². The summed E-state index contributed by atoms with van der Waals surface area (Å²) in [4.78, 5) is 0. The zero-order chi connectivity index (χ0) is 30.9. The number of aliphatic hydroxyl groups excluding tert-OH is 2. The maximum Gasteiger partial charge on any atom is 0.0770 e. The number of unbranched alkanes of at least 4 members (excludes halogenated alkanes) is 28. The first kappa shape index (κ1) is 45.4. The molecule has 0 fully saturated rings. The van der Waals surface area contributed by atoms with Crippen LogP contribution in [-0.4, -0.2) is 22.9 Å². The molecule has 0 aromatic rings. The van der Waals surface area contributed by atoms with Crippen LogP contribution in [0.3, 0.4) is 0 Å². The Morgan fingerprint density at radius 3 is 0.634 bits per heavy atom. The van der Waals surface area contributed by atoms with Gasteiger partial charge in [-0.25, -0.2) is 0 Å². The van der Waals surface area contributed by atoms with E-state index in [0.717, 1.165) is 12.8 Å². The second kappa shape index (κ2) is 46.9. The monoisotopic (exact) mass is 585 g/mol. The first-order valence-corrected chi connectivity index (χ1v) is 19.4. The fraction of sp³-hybridized carbons (Fsp3) is 1.00. The van der Waals surface area contributed by atoms with Crippen LogP contribution < -0.4 is 0 Å². The zero-order valence-corrected chi connectivity index (χ0v) is 29.8. The van der Waals surface area contributed by atoms with E-state index in [9.17, 15) is 0 Å². The summed E-state index contributed by atoms with van der Waals surface area (Å²) in [5.74, 6) is 0. The number of hydrogen-bond acceptors (Lipinski definition) is 2. The molecule has 1 atom stereocenters. The molecule has 0 amide bonds. The Hall–Kier alpha value is -0.0800. The van der Waals surface area contributed by atoms with Gasteiger partial charge in [0.25, 0.3) is 0 Å². The van der Waals surface area contributed by atoms with Crippen molar-refractivity contribution in [3.05, 3.63) is 0 Å². The average Bonchev–Trinajstić information content (AvgIpc) is 2.99. The quantitative estimate of drug-likeness (QED) is 0.0795. The van der Waals surface area contributed by atoms with E-state index in [4.69, 9.17) is 10.2 Å². The third-order valence-corrected chi connectivity index (χ3v) is 8.27. The van der Waals surface area contributed by atoms with Gasteiger partial charge in [-0.05, 0) is 6.42 Å². The van der Waals surface area contributed by atoms with Crippen molar-refractivity contribution in [3.63, 3.8) is 0 Å². The van der Waals surface area contributed by atoms with E-state index in [1.165, 1.54) is 193 Å². The van der Waals surface area contributed by atoms with Crippen LogP contribution in [0.1, 0.15) is 240 Å². The standard InChI is InChI=1S/C15H32O2.2C12H26/c1-2-3-4-5-6-7-8-9-10-11-12-13-15(17)14-16;2*1-3-5-7-9-11-12-10-8-6-4-2/h15-17H,2-14H2,1H3;2*3-12H2,1-2H3. The number of hydrogen-bond donors (Lipinski definition) is 2. The van der Waals surface area contributed by atoms with Gasteiger partial charge in [-0.15, -0.1) is 0 Å². The summed E-state index contributed by atoms with van der Waals surface area (Å²) in [6.07, 6.45) is 43.7. The smallest absolute Gasteiger partial charge is 0.0770 e. The van der Waals surface area contributed by atoms with Gasteiger partial charge in [-0.2, -0.15) is 0 Å². The lowest BCUT2D eigenvalue weighted by molar-refractivity contribution is 0.0860. The van der Waals surface area contributed by atoms with Crippen LogP contribution >= 0.6 is 0 Å². The highest BCUT2D eigenvalue weighted by molar-refractivity contribution is 4.54. The third-order valence-electron chi connectivity index (χ3n) is 8.27. The molecule has 0 aromatic heterocycles. The van der Waals surface area contributed by atoms with Gasteiger partial charge in [-0.1, -0.05) is 234 Å². The lowest BCUT2D eigenvalue weighted by atomic mass is 10.0. The van der Waals surface area contributed by atoms with Gasteiger partial charge >= 0.3 is 0 Å². The van der Waals surface area contributed by atoms with Crippen LogP contribution in [0.15, 0.2) is 0 Å². The first-order chi connectivity index (χ1) is 20.1. The Kier molecular flexibility index (Phi) is 51.8. The predicted molar refractivity (Wildman–Crippen MR) is 189 cm³/mol. The maximum absolute atomic E-state index is 9.15. The summed E-state index contributed by atoms with van der Waals surface area (Å²) in [6.45, 7) is 11.3. The van der Waals surface area contributed by atoms with Crippen molar-refractivity contribution >= 4 is 0 Å². The fourth-order valence-electron chi connectivity index (χ4n) is 5.26. The lowest BCUT2D eigenvalue weighted by Crippen LogP contribution is -2.10. The first-order valence-electron chi connectivity index (χ1n) is 19.4. The van der Waals surface area contributed by atoms with Crippen LogP contribution in [0, 0.1) is 0 Å². The summed E-state index contributed by atoms with van der Waals surface area (Å²) < 4.78 is 0. The van der Waals surface area contributed by atoms with Gasteiger partial charge in [0.1, 0.15) is 0 Å². The van der Waals surface area contributed by atoms with Crippen molar-refractivity contribution in [1.82, 2.24) is 0 Å². The Labute approximate surface area is 262 Å². The third kappa shape index (κ3) is 53.0. The molecule has 2 heteroatoms. The molecule has 41 heavy (non-hydrogen) atoms. The minimum absolute atomic E-state index is 0.0856. The number of rotatable bonds is 31. The van der Waals surface area contributed by atoms with Gasteiger partial charge in [0.2, 0.25) is 0 Å². The molecule has 2 nitrogen and oxygen atoms in total. The molecule has 0 radical (unpaired) electrons. The van der Waals surface area contributed by atoms with E-state index >= 15 is 0 Å². The Morgan fingerprint density at radius 2 is 0.463 bits per heavy atom. The van der Waals surface area contributed by atoms with Gasteiger partial charge in [0.05, 0.1) is 12.7 Å². The SMILES string of the molecule is CCCCCCCCCCCC.CCCCCCCCCCCC.CCCCCCCCCCCCCC(O)CO. The van der Waals surface area contributed by atoms with E-state index in [2.05, 4.69) is 34.6 Å². The van der Waals surface area contributed by atoms with Crippen LogP contribution in [0.5, 0.6) is 0 Å². The molecule has 252 valence electrons. The van der Waals surface area contributed by atoms with E-state index < -0.39 is 6.10 Å². The molecule has 0 aliphatic heterocycles. The minimum Gasteiger partial charge on any atom is -0.394 e. The summed E-state index contributed by atoms with van der Waals surface area (Å²) >= 11 is 0. The average molecular weight is 585 g/mol. The number of aliphatic hydroxyl groups is 2. The second-order valence-corrected chi connectivity index (χ2v) is 12.8. The highest BCUT2D eigenvalue weighted by Crippen LogP contribution is 2.13. The Morgan fingerprint density at radius 1 is 0.293 bits per heavy atom. The summed E-state index contributed by atoms with van der Waals surface area (Å²) in [7, 11) is 0. The van der Waals surface area contributed by atoms with Crippen LogP contribution in [0.25, 0.3) is 0 Å². The fourth-order valence-corrected chi connectivity index (χ4v) is 5.26. The van der Waals surface area contributed by atoms with E-state index in [1.807, 2.05) is 0 Å². The summed E-state index contributed by atoms with van der Waals surface area (Å²) in [5, 5.41) is 17.8. The van der Waals surface area contributed by atoms with Crippen molar-refractivity contribution in [2.45, 2.75) is 246 Å². The predicted octanol–water partition coefficient (Wildman–Crippen LogP) is 13.9. The van der Waals surface area contributed by atoms with Gasteiger partial charge < -0.3 is 10.2 Å². The molecule has 0 aliphatic carbocycles. The molecule has 0 rings (SSSR count). The van der Waals surface area contributed by atoms with Crippen molar-refractivity contribution in [3.8, 4) is 0 Å². The van der Waals surface area contributed by atoms with E-state index in [1.54, 1.807) is 0 Å². The van der Waals surface area contributed by atoms with E-state index in [-0.39, 0.29) is 6.61 Å². The molecule has 0 saturated heterocycles. The van der Waals surface area contributed by atoms with Crippen molar-refractivity contribution in [2.24, 2.45) is 0 Å². The maximum atomic E-state index is 9.15. The van der Waals surface area contributed by atoms with Gasteiger partial charge in [0.15, 0.2) is 0 Å². The Balaban J connectivity index is -0.000000542. The van der Waals surface area contributed by atoms with Gasteiger partial charge in [-0.3, -0.25) is 0 Å². The molecule has 0 heterocycles. The molecule has 0 saturated carbocycles. The van der Waals surface area contributed by atoms with Crippen LogP contribution in [-0.2, 0) is 0 Å². The van der Waals surface area contributed by atoms with Gasteiger partial charge in [0, 0.05) is 0 Å². The second-order valence-electron chi connectivity index (χ2n) is 12.8. The zero-order valence-electron chi connectivity index (χ0n) is 29.8. The highest BCUT2D eigenvalue weighted by Gasteiger charge is 2.00. The molecule has 0 spiro atoms. The van der Waals surface area contributed by atoms with Crippen molar-refractivity contribution in [2.75, 3.05) is 6.61 Å². The van der Waals surface area contributed by atoms with Crippen LogP contribution in [0.2, 0.25) is 0 Å². The summed E-state index contributed by atoms with van der Waals surface area (Å²) in [5.41, 5.74) is 0. The summed E-state index contributed by atoms with van der Waals surface area (Å²) in [6, 6.07) is 0. The van der Waals surface area contributed by atoms with Crippen molar-refractivity contribution in [1.29, 1.82) is 0 Å². The molecule has 0 aromatic carbocycles. The molecule has 1 unspecified atom stereocenters. The normalized spacial score (nSPS) is 11.5. The Bertz CT molecular complexity index is 344. The minimum atomic E-state index is -0.492. The molecule has 2 N–H and O–H groups in total. The molecular formula is C39H84O2. The topological polar surface area (TPSA) is 40.5 Å². The molecule has 0 bridgehead atoms. The van der Waals surface area contributed by atoms with Crippen molar-refractivity contribution < 1.29 is 10.2 Å².